The third-order valence-corrected chi connectivity index (χ3v) is 3.12. The number of hydrogen-bond donors (Lipinski definition) is 1. The van der Waals surface area contributed by atoms with Crippen molar-refractivity contribution in [3.8, 4) is 11.4 Å². The van der Waals surface area contributed by atoms with Crippen LogP contribution in [0.25, 0.3) is 11.4 Å². The Hall–Kier alpha value is -3.09. The van der Waals surface area contributed by atoms with Crippen LogP contribution in [-0.2, 0) is 7.05 Å². The Kier molecular flexibility index (Phi) is 3.61. The van der Waals surface area contributed by atoms with Crippen LogP contribution in [0.3, 0.4) is 0 Å². The van der Waals surface area contributed by atoms with Crippen LogP contribution in [0.15, 0.2) is 42.5 Å². The van der Waals surface area contributed by atoms with Crippen LogP contribution in [-0.4, -0.2) is 31.1 Å². The zero-order valence-electron chi connectivity index (χ0n) is 12.2. The van der Waals surface area contributed by atoms with E-state index in [-0.39, 0.29) is 5.91 Å². The smallest absolute Gasteiger partial charge is 0.274 e. The second-order valence-electron chi connectivity index (χ2n) is 4.83. The number of rotatable bonds is 3. The average Bonchev–Trinajstić information content (AvgIpc) is 2.94. The third-order valence-electron chi connectivity index (χ3n) is 3.12. The summed E-state index contributed by atoms with van der Waals surface area (Å²) in [5.74, 6) is 0.377. The Morgan fingerprint density at radius 3 is 2.73 bits per heavy atom. The van der Waals surface area contributed by atoms with E-state index < -0.39 is 0 Å². The average molecular weight is 294 g/mol. The molecule has 22 heavy (non-hydrogen) atoms. The fourth-order valence-electron chi connectivity index (χ4n) is 2.07. The van der Waals surface area contributed by atoms with Crippen LogP contribution >= 0.6 is 0 Å². The van der Waals surface area contributed by atoms with Gasteiger partial charge in [0.25, 0.3) is 5.91 Å². The first-order valence-corrected chi connectivity index (χ1v) is 6.71. The number of nitrogens with one attached hydrogen (secondary N) is 1. The van der Waals surface area contributed by atoms with Gasteiger partial charge in [0.05, 0.1) is 0 Å². The topological polar surface area (TPSA) is 85.6 Å². The molecule has 0 radical (unpaired) electrons. The van der Waals surface area contributed by atoms with E-state index in [1.54, 1.807) is 29.9 Å². The van der Waals surface area contributed by atoms with Crippen molar-refractivity contribution in [2.75, 3.05) is 5.32 Å². The van der Waals surface area contributed by atoms with Crippen molar-refractivity contribution in [2.24, 2.45) is 7.05 Å². The molecule has 2 aromatic heterocycles. The maximum atomic E-state index is 12.2. The van der Waals surface area contributed by atoms with Crippen molar-refractivity contribution in [1.29, 1.82) is 0 Å². The van der Waals surface area contributed by atoms with Crippen LogP contribution in [0, 0.1) is 6.92 Å². The normalized spacial score (nSPS) is 10.5. The molecule has 7 nitrogen and oxygen atoms in total. The van der Waals surface area contributed by atoms with Crippen molar-refractivity contribution in [3.05, 3.63) is 53.9 Å². The van der Waals surface area contributed by atoms with Gasteiger partial charge in [0, 0.05) is 24.0 Å². The predicted molar refractivity (Wildman–Crippen MR) is 81.2 cm³/mol. The first-order chi connectivity index (χ1) is 10.6. The molecular formula is C15H14N6O. The summed E-state index contributed by atoms with van der Waals surface area (Å²) < 4.78 is 1.57. The Balaban J connectivity index is 1.84. The number of carbonyl (C=O) groups is 1. The van der Waals surface area contributed by atoms with Gasteiger partial charge in [-0.05, 0) is 41.6 Å². The molecule has 0 aliphatic rings. The van der Waals surface area contributed by atoms with E-state index in [2.05, 4.69) is 25.8 Å². The van der Waals surface area contributed by atoms with Gasteiger partial charge < -0.3 is 5.32 Å². The highest BCUT2D eigenvalue weighted by atomic mass is 16.1. The third kappa shape index (κ3) is 2.83. The molecule has 0 atom stereocenters. The van der Waals surface area contributed by atoms with Crippen LogP contribution in [0.4, 0.5) is 5.69 Å². The number of anilines is 1. The van der Waals surface area contributed by atoms with Crippen molar-refractivity contribution >= 4 is 11.6 Å². The molecule has 1 aromatic carbocycles. The first-order valence-electron chi connectivity index (χ1n) is 6.71. The van der Waals surface area contributed by atoms with Crippen molar-refractivity contribution in [1.82, 2.24) is 25.2 Å². The number of tetrazole rings is 1. The Bertz CT molecular complexity index is 826. The first kappa shape index (κ1) is 13.9. The molecule has 7 heteroatoms. The van der Waals surface area contributed by atoms with Gasteiger partial charge in [0.15, 0.2) is 5.82 Å². The summed E-state index contributed by atoms with van der Waals surface area (Å²) in [5, 5.41) is 14.2. The molecule has 3 aromatic rings. The second kappa shape index (κ2) is 5.72. The highest BCUT2D eigenvalue weighted by Crippen LogP contribution is 2.19. The quantitative estimate of drug-likeness (QED) is 0.796. The SMILES string of the molecule is Cc1cccc(C(=O)Nc2cccc(-c3nnnn3C)c2)n1. The van der Waals surface area contributed by atoms with Gasteiger partial charge in [0.1, 0.15) is 5.69 Å². The van der Waals surface area contributed by atoms with Gasteiger partial charge >= 0.3 is 0 Å². The van der Waals surface area contributed by atoms with Gasteiger partial charge in [-0.1, -0.05) is 18.2 Å². The van der Waals surface area contributed by atoms with E-state index in [9.17, 15) is 4.79 Å². The number of carbonyl (C=O) groups excluding carboxylic acids is 1. The molecule has 0 fully saturated rings. The zero-order chi connectivity index (χ0) is 15.5. The lowest BCUT2D eigenvalue weighted by Gasteiger charge is -2.07. The number of hydrogen-bond acceptors (Lipinski definition) is 5. The van der Waals surface area contributed by atoms with Crippen molar-refractivity contribution in [3.63, 3.8) is 0 Å². The van der Waals surface area contributed by atoms with E-state index in [1.807, 2.05) is 31.2 Å². The second-order valence-corrected chi connectivity index (χ2v) is 4.83. The molecule has 0 aliphatic heterocycles. The highest BCUT2D eigenvalue weighted by molar-refractivity contribution is 6.03. The minimum Gasteiger partial charge on any atom is -0.321 e. The Morgan fingerprint density at radius 1 is 1.18 bits per heavy atom. The number of benzene rings is 1. The number of amides is 1. The predicted octanol–water partition coefficient (Wildman–Crippen LogP) is 1.83. The zero-order valence-corrected chi connectivity index (χ0v) is 12.2. The summed E-state index contributed by atoms with van der Waals surface area (Å²) in [6.45, 7) is 1.85. The summed E-state index contributed by atoms with van der Waals surface area (Å²) in [5.41, 5.74) is 2.66. The van der Waals surface area contributed by atoms with Crippen molar-refractivity contribution in [2.45, 2.75) is 6.92 Å². The minimum absolute atomic E-state index is 0.253. The molecule has 0 unspecified atom stereocenters. The molecule has 3 rings (SSSR count). The Morgan fingerprint density at radius 2 is 2.00 bits per heavy atom. The number of pyridine rings is 1. The largest absolute Gasteiger partial charge is 0.321 e. The summed E-state index contributed by atoms with van der Waals surface area (Å²) >= 11 is 0. The van der Waals surface area contributed by atoms with Gasteiger partial charge in [-0.2, -0.15) is 0 Å². The summed E-state index contributed by atoms with van der Waals surface area (Å²) in [6.07, 6.45) is 0. The molecule has 1 N–H and O–H groups in total. The maximum Gasteiger partial charge on any atom is 0.274 e. The van der Waals surface area contributed by atoms with Crippen molar-refractivity contribution < 1.29 is 4.79 Å². The lowest BCUT2D eigenvalue weighted by molar-refractivity contribution is 0.102. The summed E-state index contributed by atoms with van der Waals surface area (Å²) in [7, 11) is 1.76. The summed E-state index contributed by atoms with van der Waals surface area (Å²) in [4.78, 5) is 16.4. The minimum atomic E-state index is -0.253. The molecule has 0 saturated heterocycles. The lowest BCUT2D eigenvalue weighted by Crippen LogP contribution is -2.14. The Labute approximate surface area is 127 Å². The van der Waals surface area contributed by atoms with E-state index in [0.29, 0.717) is 17.2 Å². The highest BCUT2D eigenvalue weighted by Gasteiger charge is 2.10. The van der Waals surface area contributed by atoms with E-state index in [0.717, 1.165) is 11.3 Å². The monoisotopic (exact) mass is 294 g/mol. The van der Waals surface area contributed by atoms with Gasteiger partial charge in [-0.25, -0.2) is 9.67 Å². The molecule has 110 valence electrons. The number of nitrogens with zero attached hydrogens (tertiary/aromatic N) is 5. The van der Waals surface area contributed by atoms with Gasteiger partial charge in [0.2, 0.25) is 0 Å². The molecule has 1 amide bonds. The molecule has 2 heterocycles. The summed E-state index contributed by atoms with van der Waals surface area (Å²) in [6, 6.07) is 12.7. The lowest BCUT2D eigenvalue weighted by atomic mass is 10.2. The molecule has 0 saturated carbocycles. The number of aromatic nitrogens is 5. The van der Waals surface area contributed by atoms with Crippen LogP contribution in [0.5, 0.6) is 0 Å². The maximum absolute atomic E-state index is 12.2. The standard InChI is InChI=1S/C15H14N6O/c1-10-5-3-8-13(16-10)15(22)17-12-7-4-6-11(9-12)14-18-19-20-21(14)2/h3-9H,1-2H3,(H,17,22). The van der Waals surface area contributed by atoms with Crippen LogP contribution in [0.1, 0.15) is 16.2 Å². The fraction of sp³-hybridized carbons (Fsp3) is 0.133. The molecular weight excluding hydrogens is 280 g/mol. The van der Waals surface area contributed by atoms with Gasteiger partial charge in [-0.3, -0.25) is 4.79 Å². The van der Waals surface area contributed by atoms with Gasteiger partial charge in [-0.15, -0.1) is 5.10 Å². The molecule has 0 spiro atoms. The molecule has 0 aliphatic carbocycles. The molecule has 0 bridgehead atoms. The van der Waals surface area contributed by atoms with E-state index in [4.69, 9.17) is 0 Å². The fourth-order valence-corrected chi connectivity index (χ4v) is 2.07. The van der Waals surface area contributed by atoms with Crippen LogP contribution < -0.4 is 5.32 Å². The number of aryl methyl sites for hydroxylation is 2. The van der Waals surface area contributed by atoms with E-state index >= 15 is 0 Å². The van der Waals surface area contributed by atoms with Crippen LogP contribution in [0.2, 0.25) is 0 Å². The van der Waals surface area contributed by atoms with E-state index in [1.165, 1.54) is 0 Å².